The molecule has 2 heterocycles. The Labute approximate surface area is 293 Å². The molecule has 10 rings (SSSR count). The number of para-hydroxylation sites is 4. The highest BCUT2D eigenvalue weighted by Crippen LogP contribution is 2.47. The molecule has 0 aliphatic heterocycles. The van der Waals surface area contributed by atoms with E-state index in [1.54, 1.807) is 0 Å². The van der Waals surface area contributed by atoms with Crippen molar-refractivity contribution in [2.75, 3.05) is 9.80 Å². The first kappa shape index (κ1) is 28.6. The first-order valence-electron chi connectivity index (χ1n) is 16.8. The van der Waals surface area contributed by atoms with Crippen LogP contribution in [-0.4, -0.2) is 0 Å². The Bertz CT molecular complexity index is 2780. The molecule has 0 N–H and O–H groups in total. The molecule has 0 amide bonds. The van der Waals surface area contributed by atoms with Gasteiger partial charge in [0.25, 0.3) is 0 Å². The molecule has 0 fully saturated rings. The summed E-state index contributed by atoms with van der Waals surface area (Å²) in [6, 6.07) is 64.8. The van der Waals surface area contributed by atoms with Gasteiger partial charge in [0, 0.05) is 70.8 Å². The maximum atomic E-state index is 6.50. The van der Waals surface area contributed by atoms with Crippen LogP contribution in [0.25, 0.3) is 52.9 Å². The average molecular weight is 659 g/mol. The van der Waals surface area contributed by atoms with Crippen molar-refractivity contribution < 1.29 is 4.42 Å². The number of benzene rings is 8. The smallest absolute Gasteiger partial charge is 0.138 e. The minimum atomic E-state index is 0.887. The van der Waals surface area contributed by atoms with Crippen molar-refractivity contribution in [1.29, 1.82) is 0 Å². The normalized spacial score (nSPS) is 11.6. The van der Waals surface area contributed by atoms with E-state index in [9.17, 15) is 0 Å². The molecule has 50 heavy (non-hydrogen) atoms. The van der Waals surface area contributed by atoms with Gasteiger partial charge in [0.1, 0.15) is 11.2 Å². The first-order chi connectivity index (χ1) is 24.8. The van der Waals surface area contributed by atoms with Crippen LogP contribution in [0, 0.1) is 0 Å². The van der Waals surface area contributed by atoms with Crippen LogP contribution in [-0.2, 0) is 0 Å². The number of hydrogen-bond donors (Lipinski definition) is 0. The number of anilines is 6. The van der Waals surface area contributed by atoms with Gasteiger partial charge in [-0.1, -0.05) is 103 Å². The third-order valence-electron chi connectivity index (χ3n) is 9.60. The third kappa shape index (κ3) is 4.65. The SMILES string of the molecule is c1ccc(N(c2ccccc2)c2ccc3sc4cc(N(c5ccccc5)c5cc6oc7ccccc7c6c6ccccc56)ccc4c3c2)cc1. The predicted molar refractivity (Wildman–Crippen MR) is 213 cm³/mol. The largest absolute Gasteiger partial charge is 0.456 e. The third-order valence-corrected chi connectivity index (χ3v) is 10.7. The molecule has 0 bridgehead atoms. The van der Waals surface area contributed by atoms with Gasteiger partial charge in [0.2, 0.25) is 0 Å². The lowest BCUT2D eigenvalue weighted by Crippen LogP contribution is -2.10. The van der Waals surface area contributed by atoms with Gasteiger partial charge in [-0.05, 0) is 78.2 Å². The van der Waals surface area contributed by atoms with Crippen molar-refractivity contribution in [1.82, 2.24) is 0 Å². The molecule has 3 nitrogen and oxygen atoms in total. The van der Waals surface area contributed by atoms with E-state index in [1.807, 2.05) is 17.4 Å². The van der Waals surface area contributed by atoms with Crippen molar-refractivity contribution in [3.05, 3.63) is 182 Å². The zero-order valence-electron chi connectivity index (χ0n) is 27.0. The fraction of sp³-hybridized carbons (Fsp3) is 0. The second-order valence-corrected chi connectivity index (χ2v) is 13.6. The summed E-state index contributed by atoms with van der Waals surface area (Å²) >= 11 is 1.84. The summed E-state index contributed by atoms with van der Waals surface area (Å²) in [6.07, 6.45) is 0. The van der Waals surface area contributed by atoms with Gasteiger partial charge in [0.15, 0.2) is 0 Å². The quantitative estimate of drug-likeness (QED) is 0.177. The van der Waals surface area contributed by atoms with Crippen molar-refractivity contribution in [3.8, 4) is 0 Å². The standard InChI is InChI=1S/C46H30N2OS/c1-4-14-31(15-5-1)47(32-16-6-2-7-17-32)34-25-27-44-40(28-34)37-26-24-35(29-45(37)50-44)48(33-18-8-3-9-19-33)41-30-43-46(38-21-11-10-20-36(38)41)39-22-12-13-23-42(39)49-43/h1-30H. The minimum absolute atomic E-state index is 0.887. The summed E-state index contributed by atoms with van der Waals surface area (Å²) in [5.74, 6) is 0. The van der Waals surface area contributed by atoms with E-state index in [1.165, 1.54) is 30.9 Å². The van der Waals surface area contributed by atoms with Gasteiger partial charge in [-0.25, -0.2) is 0 Å². The van der Waals surface area contributed by atoms with Crippen LogP contribution < -0.4 is 9.80 Å². The number of thiophene rings is 1. The number of hydrogen-bond acceptors (Lipinski definition) is 4. The molecule has 0 spiro atoms. The van der Waals surface area contributed by atoms with E-state index in [0.29, 0.717) is 0 Å². The van der Waals surface area contributed by atoms with Gasteiger partial charge in [0.05, 0.1) is 5.69 Å². The maximum Gasteiger partial charge on any atom is 0.138 e. The van der Waals surface area contributed by atoms with E-state index in [0.717, 1.165) is 56.1 Å². The van der Waals surface area contributed by atoms with Crippen LogP contribution in [0.4, 0.5) is 34.1 Å². The van der Waals surface area contributed by atoms with Crippen molar-refractivity contribution in [2.24, 2.45) is 0 Å². The maximum absolute atomic E-state index is 6.50. The lowest BCUT2D eigenvalue weighted by molar-refractivity contribution is 0.669. The van der Waals surface area contributed by atoms with Crippen LogP contribution in [0.5, 0.6) is 0 Å². The lowest BCUT2D eigenvalue weighted by Gasteiger charge is -2.27. The summed E-state index contributed by atoms with van der Waals surface area (Å²) in [4.78, 5) is 4.70. The summed E-state index contributed by atoms with van der Waals surface area (Å²) in [6.45, 7) is 0. The van der Waals surface area contributed by atoms with Crippen molar-refractivity contribution in [3.63, 3.8) is 0 Å². The highest BCUT2D eigenvalue weighted by molar-refractivity contribution is 7.25. The number of rotatable bonds is 6. The summed E-state index contributed by atoms with van der Waals surface area (Å²) in [5, 5.41) is 7.17. The Morgan fingerprint density at radius 2 is 0.900 bits per heavy atom. The predicted octanol–water partition coefficient (Wildman–Crippen LogP) is 14.0. The van der Waals surface area contributed by atoms with E-state index in [-0.39, 0.29) is 0 Å². The second-order valence-electron chi connectivity index (χ2n) is 12.6. The molecule has 0 saturated carbocycles. The molecule has 0 aliphatic carbocycles. The number of furan rings is 1. The highest BCUT2D eigenvalue weighted by atomic mass is 32.1. The van der Waals surface area contributed by atoms with Gasteiger partial charge >= 0.3 is 0 Å². The highest BCUT2D eigenvalue weighted by Gasteiger charge is 2.21. The molecule has 4 heteroatoms. The zero-order chi connectivity index (χ0) is 33.0. The second kappa shape index (κ2) is 11.7. The summed E-state index contributed by atoms with van der Waals surface area (Å²) in [7, 11) is 0. The topological polar surface area (TPSA) is 19.6 Å². The first-order valence-corrected chi connectivity index (χ1v) is 17.7. The summed E-state index contributed by atoms with van der Waals surface area (Å²) in [5.41, 5.74) is 8.47. The van der Waals surface area contributed by atoms with E-state index in [4.69, 9.17) is 4.42 Å². The molecule has 8 aromatic carbocycles. The Hall–Kier alpha value is -6.36. The zero-order valence-corrected chi connectivity index (χ0v) is 27.8. The number of fused-ring (bicyclic) bond motifs is 8. The van der Waals surface area contributed by atoms with Crippen molar-refractivity contribution >= 4 is 98.3 Å². The van der Waals surface area contributed by atoms with Gasteiger partial charge in [-0.2, -0.15) is 0 Å². The molecule has 0 unspecified atom stereocenters. The molecular formula is C46H30N2OS. The van der Waals surface area contributed by atoms with Gasteiger partial charge < -0.3 is 14.2 Å². The Balaban J connectivity index is 1.16. The fourth-order valence-electron chi connectivity index (χ4n) is 7.39. The minimum Gasteiger partial charge on any atom is -0.456 e. The average Bonchev–Trinajstić information content (AvgIpc) is 3.74. The van der Waals surface area contributed by atoms with Crippen LogP contribution in [0.3, 0.4) is 0 Å². The van der Waals surface area contributed by atoms with Crippen LogP contribution in [0.1, 0.15) is 0 Å². The Morgan fingerprint density at radius 1 is 0.340 bits per heavy atom. The van der Waals surface area contributed by atoms with Crippen LogP contribution in [0.2, 0.25) is 0 Å². The molecule has 0 saturated heterocycles. The van der Waals surface area contributed by atoms with E-state index >= 15 is 0 Å². The Kier molecular flexibility index (Phi) is 6.68. The van der Waals surface area contributed by atoms with Crippen LogP contribution in [0.15, 0.2) is 186 Å². The van der Waals surface area contributed by atoms with Gasteiger partial charge in [-0.15, -0.1) is 11.3 Å². The molecule has 0 aliphatic rings. The molecule has 0 radical (unpaired) electrons. The monoisotopic (exact) mass is 658 g/mol. The molecule has 0 atom stereocenters. The van der Waals surface area contributed by atoms with Gasteiger partial charge in [-0.3, -0.25) is 0 Å². The summed E-state index contributed by atoms with van der Waals surface area (Å²) < 4.78 is 9.01. The molecular weight excluding hydrogens is 629 g/mol. The molecule has 236 valence electrons. The van der Waals surface area contributed by atoms with Crippen LogP contribution >= 0.6 is 11.3 Å². The number of nitrogens with zero attached hydrogens (tertiary/aromatic N) is 2. The van der Waals surface area contributed by atoms with E-state index in [2.05, 4.69) is 186 Å². The lowest BCUT2D eigenvalue weighted by atomic mass is 10.0. The fourth-order valence-corrected chi connectivity index (χ4v) is 8.51. The van der Waals surface area contributed by atoms with Crippen molar-refractivity contribution in [2.45, 2.75) is 0 Å². The molecule has 10 aromatic rings. The molecule has 2 aromatic heterocycles. The van der Waals surface area contributed by atoms with E-state index < -0.39 is 0 Å². The Morgan fingerprint density at radius 3 is 1.60 bits per heavy atom.